The van der Waals surface area contributed by atoms with Crippen LogP contribution in [0, 0.1) is 0 Å². The molecule has 0 aliphatic carbocycles. The highest BCUT2D eigenvalue weighted by Gasteiger charge is 1.96. The number of unbranched alkanes of at least 4 members (excludes halogenated alkanes) is 7. The van der Waals surface area contributed by atoms with Gasteiger partial charge in [0.25, 0.3) is 0 Å². The maximum Gasteiger partial charge on any atom is 0.177 e. The molecule has 0 aromatic heterocycles. The van der Waals surface area contributed by atoms with Crippen molar-refractivity contribution in [2.75, 3.05) is 11.5 Å². The van der Waals surface area contributed by atoms with Crippen molar-refractivity contribution < 1.29 is 0 Å². The second-order valence-electron chi connectivity index (χ2n) is 4.46. The van der Waals surface area contributed by atoms with E-state index in [2.05, 4.69) is 10.2 Å². The summed E-state index contributed by atoms with van der Waals surface area (Å²) in [5.41, 5.74) is 11.0. The zero-order valence-corrected chi connectivity index (χ0v) is 13.7. The van der Waals surface area contributed by atoms with Crippen LogP contribution in [0.3, 0.4) is 0 Å². The molecule has 118 valence electrons. The molecule has 0 spiro atoms. The molecule has 0 rings (SSSR count). The van der Waals surface area contributed by atoms with Crippen LogP contribution in [-0.2, 0) is 0 Å². The number of hydrogen-bond donors (Lipinski definition) is 4. The summed E-state index contributed by atoms with van der Waals surface area (Å²) in [5, 5.41) is 7.79. The van der Waals surface area contributed by atoms with Crippen LogP contribution in [0.1, 0.15) is 51.4 Å². The van der Waals surface area contributed by atoms with E-state index >= 15 is 0 Å². The Hall–Kier alpha value is -0.760. The van der Waals surface area contributed by atoms with Gasteiger partial charge in [-0.3, -0.25) is 0 Å². The predicted molar refractivity (Wildman–Crippen MR) is 93.5 cm³/mol. The first-order chi connectivity index (χ1) is 9.70. The first-order valence-electron chi connectivity index (χ1n) is 7.03. The van der Waals surface area contributed by atoms with E-state index in [1.807, 2.05) is 0 Å². The van der Waals surface area contributed by atoms with Gasteiger partial charge in [-0.2, -0.15) is 10.2 Å². The molecule has 0 unspecified atom stereocenters. The van der Waals surface area contributed by atoms with E-state index in [4.69, 9.17) is 23.2 Å². The summed E-state index contributed by atoms with van der Waals surface area (Å²) in [6.07, 6.45) is 10.1. The monoisotopic (exact) mass is 320 g/mol. The largest absolute Gasteiger partial charge is 0.377 e. The fourth-order valence-electron chi connectivity index (χ4n) is 1.69. The SMILES string of the molecule is NN=C(N)SCCCCCCCCCCSC(N)=NN. The van der Waals surface area contributed by atoms with Crippen molar-refractivity contribution in [2.45, 2.75) is 51.4 Å². The van der Waals surface area contributed by atoms with E-state index in [9.17, 15) is 0 Å². The van der Waals surface area contributed by atoms with Crippen LogP contribution in [-0.4, -0.2) is 21.8 Å². The second kappa shape index (κ2) is 14.6. The molecule has 20 heavy (non-hydrogen) atoms. The van der Waals surface area contributed by atoms with Gasteiger partial charge < -0.3 is 23.2 Å². The van der Waals surface area contributed by atoms with Crippen LogP contribution in [0.4, 0.5) is 0 Å². The molecule has 0 aromatic carbocycles. The highest BCUT2D eigenvalue weighted by molar-refractivity contribution is 8.14. The number of nitrogens with zero attached hydrogens (tertiary/aromatic N) is 2. The molecular formula is C12H28N6S2. The Morgan fingerprint density at radius 1 is 0.600 bits per heavy atom. The van der Waals surface area contributed by atoms with E-state index in [1.54, 1.807) is 0 Å². The molecule has 8 N–H and O–H groups in total. The first-order valence-corrected chi connectivity index (χ1v) is 9.00. The van der Waals surface area contributed by atoms with Gasteiger partial charge in [0.2, 0.25) is 0 Å². The number of amidine groups is 2. The van der Waals surface area contributed by atoms with Crippen LogP contribution in [0.5, 0.6) is 0 Å². The van der Waals surface area contributed by atoms with Gasteiger partial charge in [0.15, 0.2) is 10.3 Å². The minimum atomic E-state index is 0.475. The normalized spacial score (nSPS) is 12.8. The molecule has 0 radical (unpaired) electrons. The Balaban J connectivity index is 3.10. The Kier molecular flexibility index (Phi) is 14.1. The molecule has 0 heterocycles. The van der Waals surface area contributed by atoms with Crippen molar-refractivity contribution >= 4 is 33.9 Å². The summed E-state index contributed by atoms with van der Waals surface area (Å²) in [4.78, 5) is 0. The second-order valence-corrected chi connectivity index (χ2v) is 6.69. The highest BCUT2D eigenvalue weighted by atomic mass is 32.2. The number of nitrogens with two attached hydrogens (primary N) is 4. The van der Waals surface area contributed by atoms with E-state index in [1.165, 1.54) is 74.9 Å². The number of hydrogen-bond acceptors (Lipinski definition) is 6. The molecular weight excluding hydrogens is 292 g/mol. The molecule has 0 saturated heterocycles. The third kappa shape index (κ3) is 13.7. The van der Waals surface area contributed by atoms with Crippen molar-refractivity contribution in [2.24, 2.45) is 33.4 Å². The van der Waals surface area contributed by atoms with Crippen molar-refractivity contribution in [1.82, 2.24) is 0 Å². The molecule has 0 bridgehead atoms. The first kappa shape index (κ1) is 19.2. The summed E-state index contributed by atoms with van der Waals surface area (Å²) in [5.74, 6) is 12.1. The smallest absolute Gasteiger partial charge is 0.177 e. The molecule has 0 amide bonds. The summed E-state index contributed by atoms with van der Waals surface area (Å²) < 4.78 is 0. The van der Waals surface area contributed by atoms with E-state index in [-0.39, 0.29) is 0 Å². The zero-order chi connectivity index (χ0) is 15.1. The highest BCUT2D eigenvalue weighted by Crippen LogP contribution is 2.12. The van der Waals surface area contributed by atoms with E-state index in [0.29, 0.717) is 10.3 Å². The van der Waals surface area contributed by atoms with Crippen molar-refractivity contribution in [3.05, 3.63) is 0 Å². The topological polar surface area (TPSA) is 129 Å². The number of thioether (sulfide) groups is 2. The Bertz CT molecular complexity index is 255. The van der Waals surface area contributed by atoms with Crippen LogP contribution in [0.25, 0.3) is 0 Å². The number of rotatable bonds is 11. The molecule has 0 saturated carbocycles. The lowest BCUT2D eigenvalue weighted by atomic mass is 10.1. The minimum Gasteiger partial charge on any atom is -0.377 e. The lowest BCUT2D eigenvalue weighted by Crippen LogP contribution is -2.09. The fraction of sp³-hybridized carbons (Fsp3) is 0.833. The summed E-state index contributed by atoms with van der Waals surface area (Å²) in [6.45, 7) is 0. The van der Waals surface area contributed by atoms with Crippen molar-refractivity contribution in [3.8, 4) is 0 Å². The van der Waals surface area contributed by atoms with Crippen LogP contribution < -0.4 is 23.2 Å². The van der Waals surface area contributed by atoms with Gasteiger partial charge in [-0.05, 0) is 12.8 Å². The van der Waals surface area contributed by atoms with Crippen LogP contribution in [0.2, 0.25) is 0 Å². The van der Waals surface area contributed by atoms with Gasteiger partial charge in [0.05, 0.1) is 0 Å². The average Bonchev–Trinajstić information content (AvgIpc) is 2.47. The lowest BCUT2D eigenvalue weighted by Gasteiger charge is -2.02. The molecule has 6 nitrogen and oxygen atoms in total. The lowest BCUT2D eigenvalue weighted by molar-refractivity contribution is 0.588. The van der Waals surface area contributed by atoms with Gasteiger partial charge in [-0.25, -0.2) is 0 Å². The molecule has 0 atom stereocenters. The Morgan fingerprint density at radius 3 is 1.20 bits per heavy atom. The molecule has 8 heteroatoms. The van der Waals surface area contributed by atoms with E-state index < -0.39 is 0 Å². The number of hydrazone groups is 2. The minimum absolute atomic E-state index is 0.475. The zero-order valence-electron chi connectivity index (χ0n) is 12.1. The van der Waals surface area contributed by atoms with Crippen molar-refractivity contribution in [3.63, 3.8) is 0 Å². The van der Waals surface area contributed by atoms with Crippen LogP contribution >= 0.6 is 23.5 Å². The van der Waals surface area contributed by atoms with Crippen molar-refractivity contribution in [1.29, 1.82) is 0 Å². The molecule has 0 aliphatic rings. The quantitative estimate of drug-likeness (QED) is 0.151. The average molecular weight is 321 g/mol. The predicted octanol–water partition coefficient (Wildman–Crippen LogP) is 1.95. The molecule has 0 fully saturated rings. The maximum atomic E-state index is 5.48. The maximum absolute atomic E-state index is 5.48. The van der Waals surface area contributed by atoms with Gasteiger partial charge in [0.1, 0.15) is 0 Å². The van der Waals surface area contributed by atoms with Gasteiger partial charge in [0, 0.05) is 11.5 Å². The van der Waals surface area contributed by atoms with E-state index in [0.717, 1.165) is 11.5 Å². The summed E-state index contributed by atoms with van der Waals surface area (Å²) in [6, 6.07) is 0. The van der Waals surface area contributed by atoms with Gasteiger partial charge >= 0.3 is 0 Å². The Morgan fingerprint density at radius 2 is 0.900 bits per heavy atom. The molecule has 0 aliphatic heterocycles. The van der Waals surface area contributed by atoms with Gasteiger partial charge in [-0.1, -0.05) is 62.0 Å². The Labute approximate surface area is 130 Å². The van der Waals surface area contributed by atoms with Crippen LogP contribution in [0.15, 0.2) is 10.2 Å². The third-order valence-corrected chi connectivity index (χ3v) is 4.58. The summed E-state index contributed by atoms with van der Waals surface area (Å²) >= 11 is 3.06. The van der Waals surface area contributed by atoms with Gasteiger partial charge in [-0.15, -0.1) is 0 Å². The fourth-order valence-corrected chi connectivity index (χ4v) is 2.96. The molecule has 0 aromatic rings. The third-order valence-electron chi connectivity index (χ3n) is 2.79. The summed E-state index contributed by atoms with van der Waals surface area (Å²) in [7, 11) is 0. The standard InChI is InChI=1S/C12H28N6S2/c13-11(17-15)19-9-7-5-3-1-2-4-6-8-10-20-12(14)18-16/h1-10,15-16H2,(H2,13,17)(H2,14,18).